The molecule has 2 unspecified atom stereocenters. The normalized spacial score (nSPS) is 25.5. The lowest BCUT2D eigenvalue weighted by Gasteiger charge is -2.44. The van der Waals surface area contributed by atoms with E-state index >= 15 is 0 Å². The van der Waals surface area contributed by atoms with Crippen molar-refractivity contribution in [2.24, 2.45) is 0 Å². The van der Waals surface area contributed by atoms with Crippen LogP contribution in [-0.4, -0.2) is 37.1 Å². The van der Waals surface area contributed by atoms with E-state index in [1.54, 1.807) is 0 Å². The van der Waals surface area contributed by atoms with Crippen LogP contribution in [0.1, 0.15) is 19.4 Å². The summed E-state index contributed by atoms with van der Waals surface area (Å²) in [6.45, 7) is 6.49. The maximum absolute atomic E-state index is 6.36. The van der Waals surface area contributed by atoms with Crippen LogP contribution < -0.4 is 4.90 Å². The molecule has 0 aliphatic carbocycles. The van der Waals surface area contributed by atoms with Crippen molar-refractivity contribution in [3.8, 4) is 0 Å². The Morgan fingerprint density at radius 2 is 1.83 bits per heavy atom. The number of alkyl halides is 1. The van der Waals surface area contributed by atoms with Crippen LogP contribution in [0.4, 0.5) is 5.69 Å². The Bertz CT molecular complexity index is 410. The predicted molar refractivity (Wildman–Crippen MR) is 79.9 cm³/mol. The second-order valence-electron chi connectivity index (χ2n) is 5.15. The molecular formula is C14H20Cl2N2. The molecule has 0 radical (unpaired) electrons. The lowest BCUT2D eigenvalue weighted by Crippen LogP contribution is -2.55. The Labute approximate surface area is 119 Å². The molecule has 1 aliphatic rings. The van der Waals surface area contributed by atoms with Gasteiger partial charge in [-0.3, -0.25) is 4.90 Å². The largest absolute Gasteiger partial charge is 0.367 e. The summed E-state index contributed by atoms with van der Waals surface area (Å²) >= 11 is 12.4. The molecule has 0 N–H and O–H groups in total. The summed E-state index contributed by atoms with van der Waals surface area (Å²) in [6, 6.07) is 7.01. The quantitative estimate of drug-likeness (QED) is 0.767. The molecule has 0 spiro atoms. The second-order valence-corrected chi connectivity index (χ2v) is 5.82. The Morgan fingerprint density at radius 1 is 1.22 bits per heavy atom. The van der Waals surface area contributed by atoms with Crippen LogP contribution in [0.2, 0.25) is 5.02 Å². The summed E-state index contributed by atoms with van der Waals surface area (Å²) in [5.41, 5.74) is 2.23. The highest BCUT2D eigenvalue weighted by Gasteiger charge is 2.28. The van der Waals surface area contributed by atoms with Crippen molar-refractivity contribution in [2.75, 3.05) is 25.0 Å². The van der Waals surface area contributed by atoms with Crippen molar-refractivity contribution in [3.05, 3.63) is 28.8 Å². The molecule has 4 heteroatoms. The molecule has 1 aromatic rings. The average molecular weight is 287 g/mol. The maximum atomic E-state index is 6.36. The van der Waals surface area contributed by atoms with Crippen molar-refractivity contribution in [1.82, 2.24) is 4.90 Å². The smallest absolute Gasteiger partial charge is 0.0642 e. The Hall–Kier alpha value is -0.440. The lowest BCUT2D eigenvalue weighted by molar-refractivity contribution is 0.170. The Kier molecular flexibility index (Phi) is 4.41. The maximum Gasteiger partial charge on any atom is 0.0642 e. The van der Waals surface area contributed by atoms with Crippen LogP contribution in [0.15, 0.2) is 18.2 Å². The molecule has 0 bridgehead atoms. The number of piperazine rings is 1. The molecule has 100 valence electrons. The van der Waals surface area contributed by atoms with Crippen molar-refractivity contribution in [3.63, 3.8) is 0 Å². The minimum atomic E-state index is 0.505. The fourth-order valence-corrected chi connectivity index (χ4v) is 3.14. The fraction of sp³-hybridized carbons (Fsp3) is 0.571. The summed E-state index contributed by atoms with van der Waals surface area (Å²) in [4.78, 5) is 4.78. The van der Waals surface area contributed by atoms with Crippen LogP contribution in [0.3, 0.4) is 0 Å². The highest BCUT2D eigenvalue weighted by molar-refractivity contribution is 6.33. The zero-order valence-corrected chi connectivity index (χ0v) is 12.7. The van der Waals surface area contributed by atoms with Gasteiger partial charge >= 0.3 is 0 Å². The highest BCUT2D eigenvalue weighted by Crippen LogP contribution is 2.33. The first-order valence-corrected chi connectivity index (χ1v) is 7.26. The van der Waals surface area contributed by atoms with E-state index in [2.05, 4.69) is 36.8 Å². The van der Waals surface area contributed by atoms with Gasteiger partial charge in [0.05, 0.1) is 10.7 Å². The first-order valence-electron chi connectivity index (χ1n) is 6.34. The van der Waals surface area contributed by atoms with Gasteiger partial charge in [0.15, 0.2) is 0 Å². The Balaban J connectivity index is 2.32. The highest BCUT2D eigenvalue weighted by atomic mass is 35.5. The summed E-state index contributed by atoms with van der Waals surface area (Å²) in [7, 11) is 2.18. The molecule has 1 aliphatic heterocycles. The number of likely N-dealkylation sites (N-methyl/N-ethyl adjacent to an activating group) is 1. The number of halogens is 2. The lowest BCUT2D eigenvalue weighted by atomic mass is 10.1. The van der Waals surface area contributed by atoms with E-state index < -0.39 is 0 Å². The van der Waals surface area contributed by atoms with Crippen LogP contribution in [0.25, 0.3) is 0 Å². The molecule has 1 heterocycles. The fourth-order valence-electron chi connectivity index (χ4n) is 2.61. The molecule has 0 saturated carbocycles. The third-order valence-corrected chi connectivity index (χ3v) is 4.48. The van der Waals surface area contributed by atoms with Gasteiger partial charge in [-0.1, -0.05) is 23.7 Å². The van der Waals surface area contributed by atoms with Crippen molar-refractivity contribution in [2.45, 2.75) is 31.8 Å². The molecule has 2 rings (SSSR count). The van der Waals surface area contributed by atoms with Crippen molar-refractivity contribution >= 4 is 28.9 Å². The molecule has 1 aromatic carbocycles. The number of benzene rings is 1. The zero-order valence-electron chi connectivity index (χ0n) is 11.2. The molecule has 2 atom stereocenters. The SMILES string of the molecule is CC1CN(c2c(Cl)cccc2CCl)CC(C)N1C. The van der Waals surface area contributed by atoms with Gasteiger partial charge in [-0.05, 0) is 32.5 Å². The summed E-state index contributed by atoms with van der Waals surface area (Å²) in [5.74, 6) is 0.505. The molecule has 1 fully saturated rings. The molecule has 18 heavy (non-hydrogen) atoms. The molecule has 0 aromatic heterocycles. The third-order valence-electron chi connectivity index (χ3n) is 3.89. The summed E-state index contributed by atoms with van der Waals surface area (Å²) in [6.07, 6.45) is 0. The standard InChI is InChI=1S/C14H20Cl2N2/c1-10-8-18(9-11(2)17(10)3)14-12(7-15)5-4-6-13(14)16/h4-6,10-11H,7-9H2,1-3H3. The van der Waals surface area contributed by atoms with Gasteiger partial charge in [-0.2, -0.15) is 0 Å². The van der Waals surface area contributed by atoms with E-state index in [-0.39, 0.29) is 0 Å². The van der Waals surface area contributed by atoms with Crippen LogP contribution in [0.5, 0.6) is 0 Å². The van der Waals surface area contributed by atoms with Gasteiger partial charge in [-0.25, -0.2) is 0 Å². The van der Waals surface area contributed by atoms with E-state index in [1.807, 2.05) is 12.1 Å². The van der Waals surface area contributed by atoms with E-state index in [0.717, 1.165) is 29.4 Å². The Morgan fingerprint density at radius 3 is 2.39 bits per heavy atom. The van der Waals surface area contributed by atoms with Crippen molar-refractivity contribution in [1.29, 1.82) is 0 Å². The minimum absolute atomic E-state index is 0.505. The number of hydrogen-bond acceptors (Lipinski definition) is 2. The van der Waals surface area contributed by atoms with Crippen LogP contribution in [-0.2, 0) is 5.88 Å². The molecule has 2 nitrogen and oxygen atoms in total. The average Bonchev–Trinajstić information content (AvgIpc) is 2.35. The first-order chi connectivity index (χ1) is 8.54. The third kappa shape index (κ3) is 2.61. The number of hydrogen-bond donors (Lipinski definition) is 0. The molecular weight excluding hydrogens is 267 g/mol. The number of nitrogens with zero attached hydrogens (tertiary/aromatic N) is 2. The van der Waals surface area contributed by atoms with Gasteiger partial charge in [0.2, 0.25) is 0 Å². The van der Waals surface area contributed by atoms with Gasteiger partial charge < -0.3 is 4.90 Å². The number of rotatable bonds is 2. The molecule has 1 saturated heterocycles. The van der Waals surface area contributed by atoms with Crippen molar-refractivity contribution < 1.29 is 0 Å². The van der Waals surface area contributed by atoms with E-state index in [0.29, 0.717) is 18.0 Å². The van der Waals surface area contributed by atoms with Gasteiger partial charge in [0.25, 0.3) is 0 Å². The van der Waals surface area contributed by atoms with Gasteiger partial charge in [0.1, 0.15) is 0 Å². The minimum Gasteiger partial charge on any atom is -0.367 e. The zero-order chi connectivity index (χ0) is 13.3. The van der Waals surface area contributed by atoms with Gasteiger partial charge in [0, 0.05) is 31.1 Å². The van der Waals surface area contributed by atoms with Crippen LogP contribution in [0, 0.1) is 0 Å². The summed E-state index contributed by atoms with van der Waals surface area (Å²) in [5, 5.41) is 0.803. The topological polar surface area (TPSA) is 6.48 Å². The number of para-hydroxylation sites is 1. The van der Waals surface area contributed by atoms with E-state index in [4.69, 9.17) is 23.2 Å². The summed E-state index contributed by atoms with van der Waals surface area (Å²) < 4.78 is 0. The van der Waals surface area contributed by atoms with Gasteiger partial charge in [-0.15, -0.1) is 11.6 Å². The van der Waals surface area contributed by atoms with E-state index in [1.165, 1.54) is 0 Å². The first kappa shape index (κ1) is 14.0. The molecule has 0 amide bonds. The van der Waals surface area contributed by atoms with Crippen LogP contribution >= 0.6 is 23.2 Å². The number of anilines is 1. The van der Waals surface area contributed by atoms with E-state index in [9.17, 15) is 0 Å². The second kappa shape index (κ2) is 5.68. The predicted octanol–water partition coefficient (Wildman–Crippen LogP) is 3.61. The monoisotopic (exact) mass is 286 g/mol.